The lowest BCUT2D eigenvalue weighted by Gasteiger charge is -2.52. The summed E-state index contributed by atoms with van der Waals surface area (Å²) in [5.74, 6) is -13.2. The Labute approximate surface area is 325 Å². The third-order valence-corrected chi connectivity index (χ3v) is 11.7. The van der Waals surface area contributed by atoms with Crippen LogP contribution in [0.3, 0.4) is 0 Å². The number of fused-ring (bicyclic) bond motifs is 3. The number of aliphatic hydroxyl groups is 1. The van der Waals surface area contributed by atoms with Crippen molar-refractivity contribution in [2.24, 2.45) is 35.3 Å². The molecule has 17 heteroatoms. The molecule has 0 aliphatic heterocycles. The smallest absolute Gasteiger partial charge is 0.413 e. The van der Waals surface area contributed by atoms with Crippen molar-refractivity contribution >= 4 is 58.4 Å². The molecule has 4 aliphatic carbocycles. The predicted molar refractivity (Wildman–Crippen MR) is 199 cm³/mol. The molecule has 6 atom stereocenters. The lowest BCUT2D eigenvalue weighted by Crippen LogP contribution is -2.74. The third-order valence-electron chi connectivity index (χ3n) is 11.7. The highest BCUT2D eigenvalue weighted by Crippen LogP contribution is 2.52. The van der Waals surface area contributed by atoms with E-state index in [9.17, 15) is 48.6 Å². The van der Waals surface area contributed by atoms with Gasteiger partial charge < -0.3 is 35.6 Å². The number of likely N-dealkylation sites (N-methyl/N-ethyl adjacent to an activating group) is 1. The Balaban J connectivity index is 1.38. The maximum Gasteiger partial charge on any atom is 0.413 e. The molecule has 3 amide bonds. The van der Waals surface area contributed by atoms with Crippen LogP contribution >= 0.6 is 0 Å². The van der Waals surface area contributed by atoms with Crippen molar-refractivity contribution in [3.05, 3.63) is 17.2 Å². The molecule has 0 spiro atoms. The normalized spacial score (nSPS) is 26.5. The minimum atomic E-state index is -2.89. The van der Waals surface area contributed by atoms with E-state index in [4.69, 9.17) is 15.2 Å². The van der Waals surface area contributed by atoms with Crippen LogP contribution in [0.2, 0.25) is 0 Å². The van der Waals surface area contributed by atoms with Gasteiger partial charge in [0, 0.05) is 37.7 Å². The van der Waals surface area contributed by atoms with Gasteiger partial charge >= 0.3 is 12.1 Å². The standard InChI is InChI=1S/C39H53N5O12/c1-38(2,3)44(37(53)56-18-55-26(46)13-19-11-9-8-10-12-19)17-25(45)41-23-16-24(42(4)5)21-14-20-15-22-30(43(6)7)33(49)29(36(40)52)35(51)39(22,54)34(50)27(20)32(48)28(21)31(23)47/h16,19-20,22,27,29-30,47,54H,8-15,17-18H2,1-7H3,(H2,40,52)(H,41,45)/t20-,22-,27?,29?,30-,39-/m0/s1. The van der Waals surface area contributed by atoms with Crippen LogP contribution in [0, 0.1) is 29.6 Å². The number of benzene rings is 1. The molecule has 0 radical (unpaired) electrons. The summed E-state index contributed by atoms with van der Waals surface area (Å²) >= 11 is 0. The Hall–Kier alpha value is -4.90. The number of hydrogen-bond donors (Lipinski definition) is 4. The molecule has 0 aromatic heterocycles. The molecule has 1 aromatic carbocycles. The monoisotopic (exact) mass is 783 g/mol. The van der Waals surface area contributed by atoms with Crippen molar-refractivity contribution in [1.82, 2.24) is 9.80 Å². The van der Waals surface area contributed by atoms with Crippen LogP contribution in [0.25, 0.3) is 0 Å². The molecule has 56 heavy (non-hydrogen) atoms. The van der Waals surface area contributed by atoms with E-state index < -0.39 is 107 Å². The summed E-state index contributed by atoms with van der Waals surface area (Å²) in [6, 6.07) is 0.210. The maximum atomic E-state index is 14.4. The van der Waals surface area contributed by atoms with E-state index >= 15 is 0 Å². The van der Waals surface area contributed by atoms with Gasteiger partial charge in [-0.15, -0.1) is 0 Å². The summed E-state index contributed by atoms with van der Waals surface area (Å²) in [6.07, 6.45) is 4.33. The highest BCUT2D eigenvalue weighted by molar-refractivity contribution is 6.32. The number of esters is 1. The molecule has 0 bridgehead atoms. The van der Waals surface area contributed by atoms with Gasteiger partial charge in [0.1, 0.15) is 12.3 Å². The first-order chi connectivity index (χ1) is 26.1. The molecule has 2 unspecified atom stereocenters. The Morgan fingerprint density at radius 1 is 0.982 bits per heavy atom. The summed E-state index contributed by atoms with van der Waals surface area (Å²) in [5, 5.41) is 26.0. The molecule has 17 nitrogen and oxygen atoms in total. The van der Waals surface area contributed by atoms with Crippen LogP contribution in [0.15, 0.2) is 6.07 Å². The Morgan fingerprint density at radius 3 is 2.20 bits per heavy atom. The average Bonchev–Trinajstić information content (AvgIpc) is 3.09. The van der Waals surface area contributed by atoms with Crippen molar-refractivity contribution in [2.75, 3.05) is 51.7 Å². The van der Waals surface area contributed by atoms with Gasteiger partial charge in [-0.25, -0.2) is 4.79 Å². The highest BCUT2D eigenvalue weighted by Gasteiger charge is 2.69. The minimum Gasteiger partial charge on any atom is -0.505 e. The van der Waals surface area contributed by atoms with E-state index in [-0.39, 0.29) is 36.4 Å². The number of anilines is 2. The van der Waals surface area contributed by atoms with Crippen LogP contribution < -0.4 is 16.0 Å². The number of nitrogens with two attached hydrogens (primary N) is 1. The number of Topliss-reactive ketones (excluding diaryl/α,β-unsaturated/α-hetero) is 4. The van der Waals surface area contributed by atoms with Gasteiger partial charge in [-0.05, 0) is 84.0 Å². The number of nitrogens with one attached hydrogen (secondary N) is 1. The van der Waals surface area contributed by atoms with E-state index in [1.807, 2.05) is 0 Å². The van der Waals surface area contributed by atoms with Crippen LogP contribution in [0.1, 0.15) is 81.6 Å². The minimum absolute atomic E-state index is 0.0238. The average molecular weight is 784 g/mol. The molecule has 3 saturated carbocycles. The highest BCUT2D eigenvalue weighted by atomic mass is 16.7. The number of hydrogen-bond acceptors (Lipinski definition) is 14. The van der Waals surface area contributed by atoms with Crippen molar-refractivity contribution in [3.63, 3.8) is 0 Å². The zero-order chi connectivity index (χ0) is 41.6. The second-order valence-corrected chi connectivity index (χ2v) is 16.9. The van der Waals surface area contributed by atoms with Crippen molar-refractivity contribution < 1.29 is 58.0 Å². The fraction of sp³-hybridized carbons (Fsp3) is 0.641. The van der Waals surface area contributed by atoms with Crippen LogP contribution in [0.5, 0.6) is 5.75 Å². The zero-order valence-corrected chi connectivity index (χ0v) is 33.0. The van der Waals surface area contributed by atoms with Gasteiger partial charge in [-0.2, -0.15) is 0 Å². The van der Waals surface area contributed by atoms with E-state index in [2.05, 4.69) is 5.32 Å². The molecule has 1 aromatic rings. The van der Waals surface area contributed by atoms with Crippen LogP contribution in [-0.2, 0) is 44.7 Å². The molecule has 0 heterocycles. The summed E-state index contributed by atoms with van der Waals surface area (Å²) in [5.41, 5.74) is 1.78. The fourth-order valence-electron chi connectivity index (χ4n) is 8.96. The van der Waals surface area contributed by atoms with Gasteiger partial charge in [0.2, 0.25) is 18.6 Å². The number of amides is 3. The van der Waals surface area contributed by atoms with Gasteiger partial charge in [0.05, 0.1) is 23.2 Å². The number of ether oxygens (including phenoxy) is 2. The summed E-state index contributed by atoms with van der Waals surface area (Å²) in [6.45, 7) is 3.75. The first-order valence-corrected chi connectivity index (χ1v) is 18.9. The van der Waals surface area contributed by atoms with Crippen molar-refractivity contribution in [2.45, 2.75) is 89.3 Å². The van der Waals surface area contributed by atoms with E-state index in [1.54, 1.807) is 39.8 Å². The van der Waals surface area contributed by atoms with Gasteiger partial charge in [-0.1, -0.05) is 19.3 Å². The number of phenols is 1. The number of ketones is 4. The van der Waals surface area contributed by atoms with E-state index in [0.29, 0.717) is 11.3 Å². The quantitative estimate of drug-likeness (QED) is 0.114. The molecule has 306 valence electrons. The van der Waals surface area contributed by atoms with Gasteiger partial charge in [-0.3, -0.25) is 43.4 Å². The lowest BCUT2D eigenvalue weighted by atomic mass is 9.52. The van der Waals surface area contributed by atoms with E-state index in [1.165, 1.54) is 25.1 Å². The summed E-state index contributed by atoms with van der Waals surface area (Å²) < 4.78 is 10.3. The lowest BCUT2D eigenvalue weighted by molar-refractivity contribution is -0.181. The van der Waals surface area contributed by atoms with Gasteiger partial charge in [0.25, 0.3) is 0 Å². The number of rotatable bonds is 10. The maximum absolute atomic E-state index is 14.4. The SMILES string of the molecule is CN(C)c1cc(NC(=O)CN(C(=O)OCOC(=O)CC2CCCCC2)C(C)(C)C)c(O)c2c1C[C@H]1C[C@H]3[C@H](N(C)C)C(=O)C(C(N)=O)C(=O)[C@@]3(O)C(=O)C1C2=O. The van der Waals surface area contributed by atoms with Crippen molar-refractivity contribution in [1.29, 1.82) is 0 Å². The molecule has 0 saturated heterocycles. The number of carbonyl (C=O) groups excluding carboxylic acids is 8. The first kappa shape index (κ1) is 42.2. The van der Waals surface area contributed by atoms with Crippen LogP contribution in [-0.4, -0.2) is 126 Å². The Kier molecular flexibility index (Phi) is 12.0. The molecule has 4 aliphatic rings. The second kappa shape index (κ2) is 15.9. The summed E-state index contributed by atoms with van der Waals surface area (Å²) in [4.78, 5) is 111. The first-order valence-electron chi connectivity index (χ1n) is 18.9. The van der Waals surface area contributed by atoms with Crippen molar-refractivity contribution in [3.8, 4) is 5.75 Å². The molecular formula is C39H53N5O12. The molecular weight excluding hydrogens is 730 g/mol. The van der Waals surface area contributed by atoms with E-state index in [0.717, 1.165) is 37.0 Å². The molecule has 3 fully saturated rings. The number of carbonyl (C=O) groups is 8. The third kappa shape index (κ3) is 7.75. The van der Waals surface area contributed by atoms with Gasteiger partial charge in [0.15, 0.2) is 34.7 Å². The fourth-order valence-corrected chi connectivity index (χ4v) is 8.96. The number of primary amides is 1. The Morgan fingerprint density at radius 2 is 1.62 bits per heavy atom. The largest absolute Gasteiger partial charge is 0.505 e. The molecule has 5 N–H and O–H groups in total. The zero-order valence-electron chi connectivity index (χ0n) is 33.0. The summed E-state index contributed by atoms with van der Waals surface area (Å²) in [7, 11) is 6.35. The number of nitrogens with zero attached hydrogens (tertiary/aromatic N) is 3. The predicted octanol–water partition coefficient (Wildman–Crippen LogP) is 1.58. The second-order valence-electron chi connectivity index (χ2n) is 16.9. The number of phenolic OH excluding ortho intramolecular Hbond substituents is 1. The Bertz CT molecular complexity index is 1830. The number of aromatic hydroxyl groups is 1. The van der Waals surface area contributed by atoms with Crippen LogP contribution in [0.4, 0.5) is 16.2 Å². The topological polar surface area (TPSA) is 243 Å². The molecule has 5 rings (SSSR count).